The molecular formula is C23H38N6O4. The highest BCUT2D eigenvalue weighted by Gasteiger charge is 2.19. The topological polar surface area (TPSA) is 107 Å². The highest BCUT2D eigenvalue weighted by Crippen LogP contribution is 2.20. The summed E-state index contributed by atoms with van der Waals surface area (Å²) in [5.41, 5.74) is 2.19. The fourth-order valence-electron chi connectivity index (χ4n) is 3.95. The Balaban J connectivity index is 1.44. The van der Waals surface area contributed by atoms with Crippen LogP contribution in [0.4, 0.5) is 21.0 Å². The van der Waals surface area contributed by atoms with Crippen molar-refractivity contribution >= 4 is 23.4 Å². The van der Waals surface area contributed by atoms with Gasteiger partial charge in [-0.15, -0.1) is 0 Å². The molecule has 2 saturated heterocycles. The smallest absolute Gasteiger partial charge is 0.319 e. The van der Waals surface area contributed by atoms with Gasteiger partial charge in [0.2, 0.25) is 0 Å². The number of nitrogens with one attached hydrogen (secondary N) is 4. The van der Waals surface area contributed by atoms with Crippen LogP contribution in [0.15, 0.2) is 18.2 Å². The molecule has 184 valence electrons. The van der Waals surface area contributed by atoms with E-state index in [2.05, 4.69) is 44.9 Å². The average Bonchev–Trinajstić information content (AvgIpc) is 2.84. The van der Waals surface area contributed by atoms with E-state index in [1.54, 1.807) is 6.07 Å². The molecular weight excluding hydrogens is 424 g/mol. The predicted molar refractivity (Wildman–Crippen MR) is 129 cm³/mol. The number of hydrogen-bond donors (Lipinski definition) is 4. The molecule has 4 amide bonds. The number of benzene rings is 1. The lowest BCUT2D eigenvalue weighted by molar-refractivity contribution is 0.0209. The number of ether oxygens (including phenoxy) is 2. The average molecular weight is 463 g/mol. The van der Waals surface area contributed by atoms with Gasteiger partial charge in [-0.1, -0.05) is 6.07 Å². The quantitative estimate of drug-likeness (QED) is 0.468. The standard InChI is InChI=1S/C23H38N6O4/c1-17-4-5-20(26-22(30)24-15-18(2)28-6-10-32-11-7-28)14-21(17)27-23(31)25-16-19(3)29-8-12-33-13-9-29/h4-5,14,18-19H,6-13,15-16H2,1-3H3,(H2,24,26,30)(H2,25,27,31). The van der Waals surface area contributed by atoms with E-state index < -0.39 is 0 Å². The van der Waals surface area contributed by atoms with Gasteiger partial charge in [-0.3, -0.25) is 9.80 Å². The number of hydrogen-bond acceptors (Lipinski definition) is 6. The third-order valence-electron chi connectivity index (χ3n) is 6.20. The number of amides is 4. The van der Waals surface area contributed by atoms with Gasteiger partial charge in [0.15, 0.2) is 0 Å². The van der Waals surface area contributed by atoms with Crippen molar-refractivity contribution in [3.05, 3.63) is 23.8 Å². The normalized spacial score (nSPS) is 19.4. The second kappa shape index (κ2) is 12.7. The number of nitrogens with zero attached hydrogens (tertiary/aromatic N) is 2. The van der Waals surface area contributed by atoms with E-state index in [0.717, 1.165) is 58.2 Å². The van der Waals surface area contributed by atoms with Crippen molar-refractivity contribution in [1.29, 1.82) is 0 Å². The van der Waals surface area contributed by atoms with E-state index in [4.69, 9.17) is 9.47 Å². The Morgan fingerprint density at radius 2 is 1.33 bits per heavy atom. The summed E-state index contributed by atoms with van der Waals surface area (Å²) in [4.78, 5) is 29.4. The molecule has 0 bridgehead atoms. The van der Waals surface area contributed by atoms with Crippen LogP contribution in [0.25, 0.3) is 0 Å². The number of aryl methyl sites for hydroxylation is 1. The van der Waals surface area contributed by atoms with Crippen molar-refractivity contribution in [1.82, 2.24) is 20.4 Å². The van der Waals surface area contributed by atoms with Crippen molar-refractivity contribution in [2.75, 3.05) is 76.3 Å². The molecule has 10 nitrogen and oxygen atoms in total. The molecule has 2 fully saturated rings. The summed E-state index contributed by atoms with van der Waals surface area (Å²) in [6, 6.07) is 5.40. The molecule has 0 saturated carbocycles. The Morgan fingerprint density at radius 1 is 0.848 bits per heavy atom. The van der Waals surface area contributed by atoms with Gasteiger partial charge in [-0.2, -0.15) is 0 Å². The Bertz CT molecular complexity index is 780. The first-order chi connectivity index (χ1) is 15.9. The maximum Gasteiger partial charge on any atom is 0.319 e. The SMILES string of the molecule is Cc1ccc(NC(=O)NCC(C)N2CCOCC2)cc1NC(=O)NCC(C)N1CCOCC1. The second-order valence-corrected chi connectivity index (χ2v) is 8.69. The molecule has 2 heterocycles. The number of carbonyl (C=O) groups excluding carboxylic acids is 2. The van der Waals surface area contributed by atoms with Gasteiger partial charge in [0.1, 0.15) is 0 Å². The summed E-state index contributed by atoms with van der Waals surface area (Å²) < 4.78 is 10.8. The van der Waals surface area contributed by atoms with Crippen LogP contribution in [0, 0.1) is 6.92 Å². The molecule has 1 aromatic carbocycles. The minimum atomic E-state index is -0.270. The van der Waals surface area contributed by atoms with Crippen molar-refractivity contribution in [3.8, 4) is 0 Å². The Morgan fingerprint density at radius 3 is 1.85 bits per heavy atom. The molecule has 33 heavy (non-hydrogen) atoms. The summed E-state index contributed by atoms with van der Waals surface area (Å²) in [6.07, 6.45) is 0. The summed E-state index contributed by atoms with van der Waals surface area (Å²) in [5.74, 6) is 0. The molecule has 0 spiro atoms. The summed E-state index contributed by atoms with van der Waals surface area (Å²) in [5, 5.41) is 11.6. The van der Waals surface area contributed by atoms with Crippen LogP contribution >= 0.6 is 0 Å². The Hall–Kier alpha value is -2.40. The molecule has 0 aliphatic carbocycles. The molecule has 0 radical (unpaired) electrons. The van der Waals surface area contributed by atoms with Crippen LogP contribution in [0.1, 0.15) is 19.4 Å². The van der Waals surface area contributed by atoms with Crippen LogP contribution in [0.2, 0.25) is 0 Å². The second-order valence-electron chi connectivity index (χ2n) is 8.69. The number of carbonyl (C=O) groups is 2. The minimum Gasteiger partial charge on any atom is -0.379 e. The van der Waals surface area contributed by atoms with Gasteiger partial charge in [0.25, 0.3) is 0 Å². The van der Waals surface area contributed by atoms with Crippen molar-refractivity contribution in [2.24, 2.45) is 0 Å². The zero-order valence-electron chi connectivity index (χ0n) is 20.0. The fraction of sp³-hybridized carbons (Fsp3) is 0.652. The van der Waals surface area contributed by atoms with E-state index in [0.29, 0.717) is 24.5 Å². The number of rotatable bonds is 8. The fourth-order valence-corrected chi connectivity index (χ4v) is 3.95. The predicted octanol–water partition coefficient (Wildman–Crippen LogP) is 1.68. The van der Waals surface area contributed by atoms with Crippen LogP contribution in [-0.2, 0) is 9.47 Å². The van der Waals surface area contributed by atoms with Gasteiger partial charge in [-0.25, -0.2) is 9.59 Å². The van der Waals surface area contributed by atoms with Crippen molar-refractivity contribution in [2.45, 2.75) is 32.9 Å². The third kappa shape index (κ3) is 8.15. The van der Waals surface area contributed by atoms with E-state index >= 15 is 0 Å². The Kier molecular flexibility index (Phi) is 9.74. The lowest BCUT2D eigenvalue weighted by atomic mass is 10.2. The first kappa shape index (κ1) is 25.2. The lowest BCUT2D eigenvalue weighted by Crippen LogP contribution is -2.48. The van der Waals surface area contributed by atoms with E-state index in [1.165, 1.54) is 0 Å². The first-order valence-electron chi connectivity index (χ1n) is 11.8. The molecule has 2 unspecified atom stereocenters. The molecule has 2 atom stereocenters. The third-order valence-corrected chi connectivity index (χ3v) is 6.20. The van der Waals surface area contributed by atoms with Gasteiger partial charge in [-0.05, 0) is 38.5 Å². The van der Waals surface area contributed by atoms with Gasteiger partial charge in [0, 0.05) is 62.7 Å². The monoisotopic (exact) mass is 462 g/mol. The highest BCUT2D eigenvalue weighted by molar-refractivity contribution is 5.93. The van der Waals surface area contributed by atoms with Crippen molar-refractivity contribution in [3.63, 3.8) is 0 Å². The molecule has 10 heteroatoms. The van der Waals surface area contributed by atoms with Gasteiger partial charge >= 0.3 is 12.1 Å². The van der Waals surface area contributed by atoms with Crippen LogP contribution in [0.3, 0.4) is 0 Å². The summed E-state index contributed by atoms with van der Waals surface area (Å²) >= 11 is 0. The molecule has 1 aromatic rings. The van der Waals surface area contributed by atoms with Crippen LogP contribution < -0.4 is 21.3 Å². The van der Waals surface area contributed by atoms with Crippen LogP contribution in [0.5, 0.6) is 0 Å². The molecule has 3 rings (SSSR count). The van der Waals surface area contributed by atoms with E-state index in [1.807, 2.05) is 19.1 Å². The van der Waals surface area contributed by atoms with E-state index in [-0.39, 0.29) is 24.1 Å². The van der Waals surface area contributed by atoms with E-state index in [9.17, 15) is 9.59 Å². The number of anilines is 2. The molecule has 2 aliphatic rings. The largest absolute Gasteiger partial charge is 0.379 e. The number of morpholine rings is 2. The summed E-state index contributed by atoms with van der Waals surface area (Å²) in [7, 11) is 0. The minimum absolute atomic E-state index is 0.234. The summed E-state index contributed by atoms with van der Waals surface area (Å²) in [6.45, 7) is 13.6. The highest BCUT2D eigenvalue weighted by atomic mass is 16.5. The maximum absolute atomic E-state index is 12.4. The lowest BCUT2D eigenvalue weighted by Gasteiger charge is -2.32. The number of urea groups is 2. The van der Waals surface area contributed by atoms with Gasteiger partial charge in [0.05, 0.1) is 26.4 Å². The zero-order valence-corrected chi connectivity index (χ0v) is 20.0. The Labute approximate surface area is 196 Å². The van der Waals surface area contributed by atoms with Crippen molar-refractivity contribution < 1.29 is 19.1 Å². The molecule has 2 aliphatic heterocycles. The molecule has 0 aromatic heterocycles. The maximum atomic E-state index is 12.4. The van der Waals surface area contributed by atoms with Crippen LogP contribution in [-0.4, -0.2) is 99.6 Å². The molecule has 4 N–H and O–H groups in total. The first-order valence-corrected chi connectivity index (χ1v) is 11.8. The zero-order chi connectivity index (χ0) is 23.6. The van der Waals surface area contributed by atoms with Gasteiger partial charge < -0.3 is 30.7 Å².